The van der Waals surface area contributed by atoms with Gasteiger partial charge in [-0.1, -0.05) is 17.7 Å². The van der Waals surface area contributed by atoms with E-state index in [4.69, 9.17) is 4.74 Å². The molecule has 1 heterocycles. The Labute approximate surface area is 145 Å². The number of nitrogens with zero attached hydrogens (tertiary/aromatic N) is 3. The minimum absolute atomic E-state index is 0.0577. The van der Waals surface area contributed by atoms with E-state index >= 15 is 0 Å². The number of benzene rings is 1. The van der Waals surface area contributed by atoms with Crippen molar-refractivity contribution in [1.29, 1.82) is 0 Å². The molecule has 0 radical (unpaired) electrons. The maximum atomic E-state index is 12.6. The van der Waals surface area contributed by atoms with Gasteiger partial charge in [-0.3, -0.25) is 9.36 Å². The van der Waals surface area contributed by atoms with Crippen LogP contribution in [0, 0.1) is 6.92 Å². The van der Waals surface area contributed by atoms with Crippen molar-refractivity contribution in [2.24, 2.45) is 14.1 Å². The lowest BCUT2D eigenvalue weighted by Gasteiger charge is -2.18. The van der Waals surface area contributed by atoms with E-state index in [9.17, 15) is 18.0 Å². The van der Waals surface area contributed by atoms with E-state index in [1.54, 1.807) is 12.1 Å². The number of hydrogen-bond donors (Lipinski definition) is 0. The molecule has 0 amide bonds. The third-order valence-corrected chi connectivity index (χ3v) is 5.64. The molecule has 0 unspecified atom stereocenters. The first-order valence-electron chi connectivity index (χ1n) is 7.57. The molecule has 9 heteroatoms. The van der Waals surface area contributed by atoms with Crippen LogP contribution in [0.25, 0.3) is 0 Å². The zero-order chi connectivity index (χ0) is 18.8. The first-order valence-corrected chi connectivity index (χ1v) is 9.01. The van der Waals surface area contributed by atoms with Gasteiger partial charge in [-0.2, -0.15) is 4.31 Å². The number of aromatic nitrogens is 2. The monoisotopic (exact) mass is 367 g/mol. The van der Waals surface area contributed by atoms with Crippen molar-refractivity contribution in [3.05, 3.63) is 56.9 Å². The Kier molecular flexibility index (Phi) is 5.48. The summed E-state index contributed by atoms with van der Waals surface area (Å²) in [5.41, 5.74) is -0.346. The zero-order valence-electron chi connectivity index (χ0n) is 14.6. The lowest BCUT2D eigenvalue weighted by molar-refractivity contribution is 0.286. The van der Waals surface area contributed by atoms with Crippen LogP contribution in [0.4, 0.5) is 0 Å². The number of sulfonamides is 1. The molecular formula is C16H21N3O5S. The molecule has 0 aliphatic heterocycles. The second kappa shape index (κ2) is 7.24. The molecule has 0 spiro atoms. The van der Waals surface area contributed by atoms with E-state index in [2.05, 4.69) is 0 Å². The highest BCUT2D eigenvalue weighted by Gasteiger charge is 2.26. The average molecular weight is 367 g/mol. The average Bonchev–Trinajstić information content (AvgIpc) is 2.57. The second-order valence-electron chi connectivity index (χ2n) is 5.74. The normalized spacial score (nSPS) is 11.7. The summed E-state index contributed by atoms with van der Waals surface area (Å²) in [5, 5.41) is 0. The molecule has 1 aromatic heterocycles. The predicted octanol–water partition coefficient (Wildman–Crippen LogP) is 0.0919. The molecule has 2 aromatic rings. The Morgan fingerprint density at radius 3 is 2.32 bits per heavy atom. The van der Waals surface area contributed by atoms with Gasteiger partial charge >= 0.3 is 5.69 Å². The van der Waals surface area contributed by atoms with Crippen LogP contribution < -0.4 is 16.0 Å². The summed E-state index contributed by atoms with van der Waals surface area (Å²) < 4.78 is 33.6. The largest absolute Gasteiger partial charge is 0.492 e. The highest BCUT2D eigenvalue weighted by Crippen LogP contribution is 2.12. The van der Waals surface area contributed by atoms with Crippen LogP contribution in [0.1, 0.15) is 5.56 Å². The topological polar surface area (TPSA) is 90.6 Å². The van der Waals surface area contributed by atoms with Crippen LogP contribution in [-0.4, -0.2) is 42.1 Å². The molecule has 8 nitrogen and oxygen atoms in total. The molecule has 0 saturated carbocycles. The number of aryl methyl sites for hydroxylation is 2. The van der Waals surface area contributed by atoms with Crippen LogP contribution in [0.3, 0.4) is 0 Å². The number of ether oxygens (including phenoxy) is 1. The van der Waals surface area contributed by atoms with Gasteiger partial charge in [0.1, 0.15) is 12.4 Å². The maximum Gasteiger partial charge on any atom is 0.330 e. The first kappa shape index (κ1) is 18.9. The number of likely N-dealkylation sites (N-methyl/N-ethyl adjacent to an activating group) is 1. The van der Waals surface area contributed by atoms with Crippen LogP contribution in [0.2, 0.25) is 0 Å². The van der Waals surface area contributed by atoms with E-state index in [1.165, 1.54) is 21.1 Å². The van der Waals surface area contributed by atoms with Gasteiger partial charge in [-0.15, -0.1) is 0 Å². The van der Waals surface area contributed by atoms with Gasteiger partial charge in [0, 0.05) is 33.9 Å². The summed E-state index contributed by atoms with van der Waals surface area (Å²) in [6.07, 6.45) is 1.04. The molecule has 25 heavy (non-hydrogen) atoms. The van der Waals surface area contributed by atoms with Crippen molar-refractivity contribution in [2.75, 3.05) is 20.2 Å². The molecule has 0 aliphatic carbocycles. The van der Waals surface area contributed by atoms with E-state index in [-0.39, 0.29) is 13.2 Å². The predicted molar refractivity (Wildman–Crippen MR) is 93.4 cm³/mol. The summed E-state index contributed by atoms with van der Waals surface area (Å²) in [6.45, 7) is 2.14. The van der Waals surface area contributed by atoms with Gasteiger partial charge in [-0.25, -0.2) is 13.2 Å². The maximum absolute atomic E-state index is 12.6. The summed E-state index contributed by atoms with van der Waals surface area (Å²) in [5.74, 6) is 0.634. The Morgan fingerprint density at radius 1 is 1.12 bits per heavy atom. The van der Waals surface area contributed by atoms with Gasteiger partial charge < -0.3 is 9.30 Å². The smallest absolute Gasteiger partial charge is 0.330 e. The van der Waals surface area contributed by atoms with Crippen LogP contribution in [0.5, 0.6) is 5.75 Å². The van der Waals surface area contributed by atoms with Crippen molar-refractivity contribution in [3.63, 3.8) is 0 Å². The lowest BCUT2D eigenvalue weighted by Crippen LogP contribution is -2.42. The van der Waals surface area contributed by atoms with Gasteiger partial charge in [-0.05, 0) is 19.1 Å². The Balaban J connectivity index is 2.15. The summed E-state index contributed by atoms with van der Waals surface area (Å²) in [6, 6.07) is 7.38. The van der Waals surface area contributed by atoms with E-state index in [0.29, 0.717) is 5.75 Å². The fourth-order valence-corrected chi connectivity index (χ4v) is 3.47. The zero-order valence-corrected chi connectivity index (χ0v) is 15.4. The Bertz CT molecular complexity index is 974. The van der Waals surface area contributed by atoms with Crippen molar-refractivity contribution in [2.45, 2.75) is 11.8 Å². The van der Waals surface area contributed by atoms with Crippen molar-refractivity contribution >= 4 is 10.0 Å². The second-order valence-corrected chi connectivity index (χ2v) is 7.75. The number of rotatable bonds is 6. The lowest BCUT2D eigenvalue weighted by atomic mass is 10.2. The summed E-state index contributed by atoms with van der Waals surface area (Å²) >= 11 is 0. The molecule has 0 N–H and O–H groups in total. The van der Waals surface area contributed by atoms with E-state index < -0.39 is 26.2 Å². The minimum atomic E-state index is -4.03. The van der Waals surface area contributed by atoms with Crippen molar-refractivity contribution in [1.82, 2.24) is 13.4 Å². The standard InChI is InChI=1S/C16H21N3O5S/c1-12-5-7-13(8-6-12)24-10-9-18(3)25(22,23)14-11-17(2)16(21)19(4)15(14)20/h5-8,11H,9-10H2,1-4H3. The fourth-order valence-electron chi connectivity index (χ4n) is 2.17. The third-order valence-electron chi connectivity index (χ3n) is 3.80. The third kappa shape index (κ3) is 3.99. The van der Waals surface area contributed by atoms with Crippen LogP contribution in [-0.2, 0) is 24.1 Å². The molecule has 0 fully saturated rings. The summed E-state index contributed by atoms with van der Waals surface area (Å²) in [7, 11) is -0.0423. The summed E-state index contributed by atoms with van der Waals surface area (Å²) in [4.78, 5) is 23.4. The van der Waals surface area contributed by atoms with E-state index in [0.717, 1.165) is 25.2 Å². The van der Waals surface area contributed by atoms with Gasteiger partial charge in [0.25, 0.3) is 5.56 Å². The molecule has 0 aliphatic rings. The SMILES string of the molecule is Cc1ccc(OCCN(C)S(=O)(=O)c2cn(C)c(=O)n(C)c2=O)cc1. The Morgan fingerprint density at radius 2 is 1.72 bits per heavy atom. The van der Waals surface area contributed by atoms with Crippen molar-refractivity contribution in [3.8, 4) is 5.75 Å². The van der Waals surface area contributed by atoms with Gasteiger partial charge in [0.2, 0.25) is 10.0 Å². The molecular weight excluding hydrogens is 346 g/mol. The minimum Gasteiger partial charge on any atom is -0.492 e. The highest BCUT2D eigenvalue weighted by atomic mass is 32.2. The quantitative estimate of drug-likeness (QED) is 0.722. The van der Waals surface area contributed by atoms with Crippen molar-refractivity contribution < 1.29 is 13.2 Å². The molecule has 1 aromatic carbocycles. The number of hydrogen-bond acceptors (Lipinski definition) is 5. The van der Waals surface area contributed by atoms with E-state index in [1.807, 2.05) is 19.1 Å². The molecule has 0 atom stereocenters. The van der Waals surface area contributed by atoms with Gasteiger partial charge in [0.05, 0.1) is 0 Å². The highest BCUT2D eigenvalue weighted by molar-refractivity contribution is 7.89. The molecule has 0 saturated heterocycles. The van der Waals surface area contributed by atoms with Crippen LogP contribution >= 0.6 is 0 Å². The molecule has 2 rings (SSSR count). The molecule has 0 bridgehead atoms. The first-order chi connectivity index (χ1) is 11.6. The fraction of sp³-hybridized carbons (Fsp3) is 0.375. The van der Waals surface area contributed by atoms with Crippen LogP contribution in [0.15, 0.2) is 44.9 Å². The Hall–Kier alpha value is -2.39. The molecule has 136 valence electrons. The van der Waals surface area contributed by atoms with Gasteiger partial charge in [0.15, 0.2) is 4.90 Å².